The van der Waals surface area contributed by atoms with Crippen LogP contribution in [0.3, 0.4) is 0 Å². The van der Waals surface area contributed by atoms with Crippen LogP contribution >= 0.6 is 23.2 Å². The number of halogens is 2. The molecule has 0 saturated carbocycles. The van der Waals surface area contributed by atoms with Crippen molar-refractivity contribution in [2.24, 2.45) is 0 Å². The fraction of sp³-hybridized carbons (Fsp3) is 0.391. The van der Waals surface area contributed by atoms with E-state index < -0.39 is 28.5 Å². The van der Waals surface area contributed by atoms with Crippen LogP contribution in [0.1, 0.15) is 32.3 Å². The number of rotatable bonds is 11. The lowest BCUT2D eigenvalue weighted by Crippen LogP contribution is -2.51. The van der Waals surface area contributed by atoms with Crippen molar-refractivity contribution in [3.8, 4) is 0 Å². The SMILES string of the molecule is CCCCNC(=O)[C@@H](C)N(Cc1ccc(Cl)cc1)C(=O)CN(c1ccccc1Cl)S(C)(=O)=O. The van der Waals surface area contributed by atoms with Crippen LogP contribution in [0.2, 0.25) is 10.0 Å². The monoisotopic (exact) mass is 513 g/mol. The van der Waals surface area contributed by atoms with Crippen LogP contribution in [0.4, 0.5) is 5.69 Å². The van der Waals surface area contributed by atoms with Crippen molar-refractivity contribution in [3.63, 3.8) is 0 Å². The third kappa shape index (κ3) is 7.91. The highest BCUT2D eigenvalue weighted by atomic mass is 35.5. The molecular weight excluding hydrogens is 485 g/mol. The molecule has 0 fully saturated rings. The molecule has 0 aromatic heterocycles. The number of para-hydroxylation sites is 1. The summed E-state index contributed by atoms with van der Waals surface area (Å²) in [7, 11) is -3.83. The molecule has 0 spiro atoms. The topological polar surface area (TPSA) is 86.8 Å². The predicted molar refractivity (Wildman–Crippen MR) is 133 cm³/mol. The van der Waals surface area contributed by atoms with Gasteiger partial charge in [0.2, 0.25) is 21.8 Å². The van der Waals surface area contributed by atoms with Gasteiger partial charge in [-0.1, -0.05) is 60.8 Å². The molecule has 0 aliphatic rings. The number of hydrogen-bond donors (Lipinski definition) is 1. The number of nitrogens with zero attached hydrogens (tertiary/aromatic N) is 2. The summed E-state index contributed by atoms with van der Waals surface area (Å²) < 4.78 is 26.0. The Labute approximate surface area is 205 Å². The lowest BCUT2D eigenvalue weighted by Gasteiger charge is -2.31. The first-order valence-electron chi connectivity index (χ1n) is 10.6. The number of sulfonamides is 1. The van der Waals surface area contributed by atoms with Crippen LogP contribution in [0.25, 0.3) is 0 Å². The molecule has 2 aromatic carbocycles. The van der Waals surface area contributed by atoms with Gasteiger partial charge in [-0.2, -0.15) is 0 Å². The van der Waals surface area contributed by atoms with Gasteiger partial charge in [0.1, 0.15) is 12.6 Å². The molecule has 10 heteroatoms. The Morgan fingerprint density at radius 3 is 2.27 bits per heavy atom. The maximum absolute atomic E-state index is 13.4. The minimum absolute atomic E-state index is 0.110. The fourth-order valence-electron chi connectivity index (χ4n) is 3.15. The van der Waals surface area contributed by atoms with E-state index in [0.29, 0.717) is 11.6 Å². The Hall–Kier alpha value is -2.29. The van der Waals surface area contributed by atoms with Crippen LogP contribution in [0.5, 0.6) is 0 Å². The predicted octanol–water partition coefficient (Wildman–Crippen LogP) is 4.09. The van der Waals surface area contributed by atoms with Gasteiger partial charge in [0, 0.05) is 18.1 Å². The van der Waals surface area contributed by atoms with E-state index >= 15 is 0 Å². The molecule has 0 heterocycles. The Morgan fingerprint density at radius 2 is 1.70 bits per heavy atom. The molecule has 33 heavy (non-hydrogen) atoms. The Bertz CT molecular complexity index is 1060. The molecule has 0 unspecified atom stereocenters. The second-order valence-electron chi connectivity index (χ2n) is 7.69. The van der Waals surface area contributed by atoms with E-state index in [0.717, 1.165) is 29.0 Å². The van der Waals surface area contributed by atoms with E-state index in [4.69, 9.17) is 23.2 Å². The number of hydrogen-bond acceptors (Lipinski definition) is 4. The molecule has 180 valence electrons. The Balaban J connectivity index is 2.34. The first kappa shape index (κ1) is 27.0. The van der Waals surface area contributed by atoms with E-state index in [1.54, 1.807) is 49.4 Å². The molecule has 0 bridgehead atoms. The molecule has 0 aliphatic carbocycles. The standard InChI is InChI=1S/C23H29Cl2N3O4S/c1-4-5-14-26-23(30)17(2)27(15-18-10-12-19(24)13-11-18)22(29)16-28(33(3,31)32)21-9-7-6-8-20(21)25/h6-13,17H,4-5,14-16H2,1-3H3,(H,26,30)/t17-/m1/s1. The zero-order chi connectivity index (χ0) is 24.6. The molecule has 1 N–H and O–H groups in total. The molecule has 0 aliphatic heterocycles. The van der Waals surface area contributed by atoms with Crippen molar-refractivity contribution in [2.75, 3.05) is 23.7 Å². The molecule has 0 radical (unpaired) electrons. The maximum Gasteiger partial charge on any atom is 0.244 e. The summed E-state index contributed by atoms with van der Waals surface area (Å²) in [5.41, 5.74) is 0.950. The molecular formula is C23H29Cl2N3O4S. The van der Waals surface area contributed by atoms with E-state index in [1.807, 2.05) is 6.92 Å². The second-order valence-corrected chi connectivity index (χ2v) is 10.4. The van der Waals surface area contributed by atoms with Gasteiger partial charge < -0.3 is 10.2 Å². The summed E-state index contributed by atoms with van der Waals surface area (Å²) in [5.74, 6) is -0.845. The lowest BCUT2D eigenvalue weighted by molar-refractivity contribution is -0.139. The number of unbranched alkanes of at least 4 members (excludes halogenated alkanes) is 1. The van der Waals surface area contributed by atoms with E-state index in [2.05, 4.69) is 5.32 Å². The van der Waals surface area contributed by atoms with Gasteiger partial charge in [0.25, 0.3) is 0 Å². The molecule has 1 atom stereocenters. The minimum Gasteiger partial charge on any atom is -0.354 e. The average Bonchev–Trinajstić information content (AvgIpc) is 2.76. The second kappa shape index (κ2) is 12.3. The van der Waals surface area contributed by atoms with Crippen LogP contribution in [-0.2, 0) is 26.2 Å². The van der Waals surface area contributed by atoms with Crippen molar-refractivity contribution in [1.29, 1.82) is 0 Å². The summed E-state index contributed by atoms with van der Waals surface area (Å²) >= 11 is 12.2. The van der Waals surface area contributed by atoms with Crippen molar-refractivity contribution in [2.45, 2.75) is 39.3 Å². The average molecular weight is 514 g/mol. The maximum atomic E-state index is 13.4. The van der Waals surface area contributed by atoms with Gasteiger partial charge in [-0.3, -0.25) is 13.9 Å². The quantitative estimate of drug-likeness (QED) is 0.458. The molecule has 2 aromatic rings. The Morgan fingerprint density at radius 1 is 1.06 bits per heavy atom. The van der Waals surface area contributed by atoms with E-state index in [1.165, 1.54) is 11.0 Å². The fourth-order valence-corrected chi connectivity index (χ4v) is 4.43. The first-order valence-corrected chi connectivity index (χ1v) is 13.2. The van der Waals surface area contributed by atoms with Crippen LogP contribution < -0.4 is 9.62 Å². The highest BCUT2D eigenvalue weighted by molar-refractivity contribution is 7.92. The van der Waals surface area contributed by atoms with Crippen molar-refractivity contribution in [3.05, 3.63) is 64.1 Å². The van der Waals surface area contributed by atoms with Gasteiger partial charge in [-0.25, -0.2) is 8.42 Å². The van der Waals surface area contributed by atoms with Gasteiger partial charge in [0.05, 0.1) is 17.0 Å². The highest BCUT2D eigenvalue weighted by Gasteiger charge is 2.30. The lowest BCUT2D eigenvalue weighted by atomic mass is 10.1. The van der Waals surface area contributed by atoms with Gasteiger partial charge in [0.15, 0.2) is 0 Å². The third-order valence-electron chi connectivity index (χ3n) is 5.06. The summed E-state index contributed by atoms with van der Waals surface area (Å²) in [5, 5.41) is 3.58. The molecule has 2 rings (SSSR count). The van der Waals surface area contributed by atoms with Gasteiger partial charge >= 0.3 is 0 Å². The summed E-state index contributed by atoms with van der Waals surface area (Å²) in [4.78, 5) is 27.5. The van der Waals surface area contributed by atoms with Gasteiger partial charge in [-0.05, 0) is 43.2 Å². The number of carbonyl (C=O) groups excluding carboxylic acids is 2. The van der Waals surface area contributed by atoms with E-state index in [-0.39, 0.29) is 23.2 Å². The summed E-state index contributed by atoms with van der Waals surface area (Å²) in [6, 6.07) is 12.5. The van der Waals surface area contributed by atoms with E-state index in [9.17, 15) is 18.0 Å². The van der Waals surface area contributed by atoms with Crippen molar-refractivity contribution in [1.82, 2.24) is 10.2 Å². The molecule has 0 saturated heterocycles. The first-order chi connectivity index (χ1) is 15.5. The van der Waals surface area contributed by atoms with Crippen molar-refractivity contribution >= 4 is 50.7 Å². The number of carbonyl (C=O) groups is 2. The van der Waals surface area contributed by atoms with Crippen LogP contribution in [0, 0.1) is 0 Å². The highest BCUT2D eigenvalue weighted by Crippen LogP contribution is 2.27. The van der Waals surface area contributed by atoms with Crippen LogP contribution in [0.15, 0.2) is 48.5 Å². The minimum atomic E-state index is -3.83. The largest absolute Gasteiger partial charge is 0.354 e. The van der Waals surface area contributed by atoms with Crippen LogP contribution in [-0.4, -0.2) is 50.5 Å². The third-order valence-corrected chi connectivity index (χ3v) is 6.76. The zero-order valence-corrected chi connectivity index (χ0v) is 21.3. The number of amides is 2. The molecule has 7 nitrogen and oxygen atoms in total. The van der Waals surface area contributed by atoms with Gasteiger partial charge in [-0.15, -0.1) is 0 Å². The summed E-state index contributed by atoms with van der Waals surface area (Å²) in [6.45, 7) is 3.74. The molecule has 2 amide bonds. The smallest absolute Gasteiger partial charge is 0.244 e. The summed E-state index contributed by atoms with van der Waals surface area (Å²) in [6.07, 6.45) is 2.75. The number of nitrogens with one attached hydrogen (secondary N) is 1. The number of anilines is 1. The number of benzene rings is 2. The normalized spacial score (nSPS) is 12.2. The zero-order valence-electron chi connectivity index (χ0n) is 18.9. The van der Waals surface area contributed by atoms with Crippen molar-refractivity contribution < 1.29 is 18.0 Å². The Kier molecular flexibility index (Phi) is 10.0.